The molecule has 0 saturated carbocycles. The molecule has 2 aliphatic heterocycles. The molecule has 0 aromatic carbocycles. The van der Waals surface area contributed by atoms with Crippen molar-refractivity contribution in [2.75, 3.05) is 18.0 Å². The summed E-state index contributed by atoms with van der Waals surface area (Å²) in [4.78, 5) is 7.09. The Morgan fingerprint density at radius 3 is 2.23 bits per heavy atom. The molecule has 0 radical (unpaired) electrons. The second kappa shape index (κ2) is 6.90. The quantitative estimate of drug-likeness (QED) is 0.783. The zero-order valence-corrected chi connectivity index (χ0v) is 16.9. The number of nitrogens with zero attached hydrogens (tertiary/aromatic N) is 3. The summed E-state index contributed by atoms with van der Waals surface area (Å²) < 4.78 is 12.6. The van der Waals surface area contributed by atoms with Gasteiger partial charge in [0.25, 0.3) is 6.71 Å². The van der Waals surface area contributed by atoms with Crippen LogP contribution in [-0.2, 0) is 9.31 Å². The molecule has 3 rings (SSSR count). The van der Waals surface area contributed by atoms with Gasteiger partial charge in [-0.1, -0.05) is 13.8 Å². The first-order valence-corrected chi connectivity index (χ1v) is 9.64. The number of rotatable bonds is 3. The van der Waals surface area contributed by atoms with Crippen LogP contribution < -0.4 is 10.4 Å². The van der Waals surface area contributed by atoms with Crippen LogP contribution in [0.2, 0.25) is 12.6 Å². The molecule has 0 spiro atoms. The normalized spacial score (nSPS) is 22.0. The van der Waals surface area contributed by atoms with Gasteiger partial charge in [-0.15, -0.1) is 0 Å². The molecule has 1 aromatic heterocycles. The summed E-state index contributed by atoms with van der Waals surface area (Å²) in [6, 6.07) is 2.18. The Labute approximate surface area is 158 Å². The molecule has 0 aliphatic carbocycles. The summed E-state index contributed by atoms with van der Waals surface area (Å²) in [6.07, 6.45) is 3.78. The smallest absolute Gasteiger partial charge is 0.399 e. The van der Waals surface area contributed by atoms with Crippen molar-refractivity contribution >= 4 is 25.0 Å². The monoisotopic (exact) mass is 353 g/mol. The Kier molecular flexibility index (Phi) is 5.11. The topological polar surface area (TPSA) is 58.4 Å². The van der Waals surface area contributed by atoms with Crippen LogP contribution in [0.1, 0.15) is 53.2 Å². The summed E-state index contributed by atoms with van der Waals surface area (Å²) in [7, 11) is -0.401. The minimum atomic E-state index is -0.401. The molecular formula is C19H29B2N3O2. The van der Waals surface area contributed by atoms with E-state index in [2.05, 4.69) is 58.5 Å². The average Bonchev–Trinajstić information content (AvgIpc) is 2.82. The molecule has 0 atom stereocenters. The number of hydrogen-bond donors (Lipinski definition) is 0. The van der Waals surface area contributed by atoms with E-state index in [1.54, 1.807) is 0 Å². The fourth-order valence-corrected chi connectivity index (χ4v) is 3.56. The van der Waals surface area contributed by atoms with E-state index in [9.17, 15) is 0 Å². The van der Waals surface area contributed by atoms with Crippen molar-refractivity contribution in [1.29, 1.82) is 5.26 Å². The van der Waals surface area contributed by atoms with Crippen molar-refractivity contribution in [2.24, 2.45) is 0 Å². The van der Waals surface area contributed by atoms with Crippen LogP contribution in [0.25, 0.3) is 0 Å². The predicted molar refractivity (Wildman–Crippen MR) is 107 cm³/mol. The fraction of sp³-hybridized carbons (Fsp3) is 0.684. The molecule has 5 nitrogen and oxygen atoms in total. The second-order valence-electron chi connectivity index (χ2n) is 8.80. The molecule has 0 unspecified atom stereocenters. The fourth-order valence-electron chi connectivity index (χ4n) is 3.56. The third-order valence-corrected chi connectivity index (χ3v) is 6.03. The maximum atomic E-state index is 9.12. The zero-order valence-electron chi connectivity index (χ0n) is 16.9. The maximum absolute atomic E-state index is 9.12. The molecule has 0 amide bonds. The molecule has 0 bridgehead atoms. The van der Waals surface area contributed by atoms with Gasteiger partial charge in [0.2, 0.25) is 0 Å². The van der Waals surface area contributed by atoms with Crippen molar-refractivity contribution in [1.82, 2.24) is 4.98 Å². The molecule has 2 aliphatic rings. The Balaban J connectivity index is 1.90. The maximum Gasteiger partial charge on any atom is 0.496 e. The Bertz CT molecular complexity index is 691. The highest BCUT2D eigenvalue weighted by atomic mass is 16.7. The van der Waals surface area contributed by atoms with E-state index in [0.29, 0.717) is 5.92 Å². The molecule has 26 heavy (non-hydrogen) atoms. The van der Waals surface area contributed by atoms with Gasteiger partial charge >= 0.3 is 7.12 Å². The van der Waals surface area contributed by atoms with Crippen molar-refractivity contribution in [3.63, 3.8) is 0 Å². The van der Waals surface area contributed by atoms with Crippen LogP contribution in [0.15, 0.2) is 12.3 Å². The molecule has 0 N–H and O–H groups in total. The first kappa shape index (κ1) is 19.3. The van der Waals surface area contributed by atoms with Gasteiger partial charge in [0.15, 0.2) is 0 Å². The highest BCUT2D eigenvalue weighted by Crippen LogP contribution is 2.37. The Hall–Kier alpha value is -1.51. The number of pyridine rings is 1. The number of nitriles is 1. The van der Waals surface area contributed by atoms with Gasteiger partial charge in [0, 0.05) is 30.2 Å². The molecular weight excluding hydrogens is 324 g/mol. The van der Waals surface area contributed by atoms with Gasteiger partial charge < -0.3 is 14.2 Å². The third-order valence-electron chi connectivity index (χ3n) is 6.03. The van der Waals surface area contributed by atoms with Gasteiger partial charge in [-0.25, -0.2) is 5.26 Å². The SMILES string of the molecule is CC(C)c1ncc(N2CCB(C#N)CC2)cc1B1OC(C)(C)C(C)(C)O1. The minimum Gasteiger partial charge on any atom is -0.399 e. The van der Waals surface area contributed by atoms with Crippen LogP contribution in [0.3, 0.4) is 0 Å². The molecule has 7 heteroatoms. The molecule has 2 fully saturated rings. The van der Waals surface area contributed by atoms with Crippen LogP contribution in [0.4, 0.5) is 5.69 Å². The second-order valence-corrected chi connectivity index (χ2v) is 8.80. The van der Waals surface area contributed by atoms with Crippen molar-refractivity contribution in [3.8, 4) is 5.97 Å². The third kappa shape index (κ3) is 3.50. The summed E-state index contributed by atoms with van der Waals surface area (Å²) >= 11 is 0. The van der Waals surface area contributed by atoms with E-state index < -0.39 is 7.12 Å². The summed E-state index contributed by atoms with van der Waals surface area (Å²) in [5.41, 5.74) is 2.41. The minimum absolute atomic E-state index is 0.178. The first-order valence-electron chi connectivity index (χ1n) is 9.64. The first-order chi connectivity index (χ1) is 12.1. The summed E-state index contributed by atoms with van der Waals surface area (Å²) in [5.74, 6) is 2.69. The predicted octanol–water partition coefficient (Wildman–Crippen LogP) is 2.88. The lowest BCUT2D eigenvalue weighted by Gasteiger charge is -2.32. The Morgan fingerprint density at radius 2 is 1.73 bits per heavy atom. The van der Waals surface area contributed by atoms with Crippen LogP contribution in [0.5, 0.6) is 0 Å². The highest BCUT2D eigenvalue weighted by Gasteiger charge is 2.52. The number of anilines is 1. The summed E-state index contributed by atoms with van der Waals surface area (Å²) in [5, 5.41) is 9.12. The van der Waals surface area contributed by atoms with Gasteiger partial charge in [-0.2, -0.15) is 0 Å². The van der Waals surface area contributed by atoms with Crippen molar-refractivity contribution in [2.45, 2.75) is 71.3 Å². The standard InChI is InChI=1S/C19H29B2N3O2/c1-14(2)17-16(21-25-18(3,4)19(5,6)26-21)11-15(12-23-17)24-9-7-20(13-22)8-10-24/h11-12,14H,7-10H2,1-6H3. The lowest BCUT2D eigenvalue weighted by molar-refractivity contribution is 0.00578. The lowest BCUT2D eigenvalue weighted by Crippen LogP contribution is -2.41. The van der Waals surface area contributed by atoms with Crippen molar-refractivity contribution in [3.05, 3.63) is 18.0 Å². The van der Waals surface area contributed by atoms with E-state index in [-0.39, 0.29) is 17.9 Å². The van der Waals surface area contributed by atoms with E-state index in [1.165, 1.54) is 0 Å². The van der Waals surface area contributed by atoms with E-state index in [4.69, 9.17) is 19.6 Å². The highest BCUT2D eigenvalue weighted by molar-refractivity contribution is 6.67. The van der Waals surface area contributed by atoms with Crippen LogP contribution >= 0.6 is 0 Å². The van der Waals surface area contributed by atoms with Gasteiger partial charge in [-0.05, 0) is 52.3 Å². The van der Waals surface area contributed by atoms with Gasteiger partial charge in [0.1, 0.15) is 0 Å². The van der Waals surface area contributed by atoms with Crippen LogP contribution in [-0.4, -0.2) is 43.1 Å². The largest absolute Gasteiger partial charge is 0.496 e. The average molecular weight is 353 g/mol. The number of aromatic nitrogens is 1. The molecule has 3 heterocycles. The lowest BCUT2D eigenvalue weighted by atomic mass is 9.45. The molecule has 138 valence electrons. The van der Waals surface area contributed by atoms with E-state index >= 15 is 0 Å². The van der Waals surface area contributed by atoms with Crippen molar-refractivity contribution < 1.29 is 9.31 Å². The van der Waals surface area contributed by atoms with Gasteiger partial charge in [-0.3, -0.25) is 4.98 Å². The van der Waals surface area contributed by atoms with Gasteiger partial charge in [0.05, 0.1) is 23.1 Å². The zero-order chi connectivity index (χ0) is 19.1. The molecule has 1 aromatic rings. The molecule has 2 saturated heterocycles. The number of hydrogen-bond acceptors (Lipinski definition) is 5. The van der Waals surface area contributed by atoms with E-state index in [1.807, 2.05) is 6.20 Å². The van der Waals surface area contributed by atoms with Crippen LogP contribution in [0, 0.1) is 11.2 Å². The summed E-state index contributed by atoms with van der Waals surface area (Å²) in [6.45, 7) is 14.6. The van der Waals surface area contributed by atoms with E-state index in [0.717, 1.165) is 42.6 Å². The Morgan fingerprint density at radius 1 is 1.15 bits per heavy atom.